The van der Waals surface area contributed by atoms with Crippen LogP contribution in [0.2, 0.25) is 0 Å². The Balaban J connectivity index is 0.000000252. The third-order valence-electron chi connectivity index (χ3n) is 1.08. The average molecular weight is 207 g/mol. The van der Waals surface area contributed by atoms with Crippen LogP contribution in [-0.2, 0) is 10.5 Å². The van der Waals surface area contributed by atoms with Crippen molar-refractivity contribution in [2.45, 2.75) is 6.92 Å². The van der Waals surface area contributed by atoms with Gasteiger partial charge in [-0.15, -0.1) is 0 Å². The molecular formula is C7H10FNO3S. The Kier molecular flexibility index (Phi) is 4.36. The first-order valence-corrected chi connectivity index (χ1v) is 4.62. The summed E-state index contributed by atoms with van der Waals surface area (Å²) in [6, 6.07) is 7.79. The van der Waals surface area contributed by atoms with Gasteiger partial charge in [-0.2, -0.15) is 8.42 Å². The van der Waals surface area contributed by atoms with Crippen LogP contribution >= 0.6 is 0 Å². The lowest BCUT2D eigenvalue weighted by molar-refractivity contribution is 0.435. The fourth-order valence-corrected chi connectivity index (χ4v) is 0.566. The topological polar surface area (TPSA) is 80.4 Å². The number of nitrogen functional groups attached to an aromatic ring is 1. The van der Waals surface area contributed by atoms with Crippen LogP contribution in [0.4, 0.5) is 9.57 Å². The molecule has 1 rings (SSSR count). The van der Waals surface area contributed by atoms with Crippen molar-refractivity contribution in [3.8, 4) is 0 Å². The molecule has 4 nitrogen and oxygen atoms in total. The SMILES string of the molecule is Cc1ccc(N)cc1.O=S(=O)(O)F. The van der Waals surface area contributed by atoms with E-state index < -0.39 is 10.5 Å². The first-order chi connectivity index (χ1) is 5.79. The van der Waals surface area contributed by atoms with Crippen molar-refractivity contribution in [2.75, 3.05) is 5.73 Å². The zero-order valence-corrected chi connectivity index (χ0v) is 7.75. The molecular weight excluding hydrogens is 197 g/mol. The minimum absolute atomic E-state index is 0.829. The van der Waals surface area contributed by atoms with Crippen LogP contribution in [0.1, 0.15) is 5.56 Å². The summed E-state index contributed by atoms with van der Waals surface area (Å²) >= 11 is 0. The molecule has 74 valence electrons. The van der Waals surface area contributed by atoms with Crippen molar-refractivity contribution in [2.24, 2.45) is 0 Å². The summed E-state index contributed by atoms with van der Waals surface area (Å²) in [7, 11) is -5.17. The van der Waals surface area contributed by atoms with Gasteiger partial charge in [0.2, 0.25) is 0 Å². The molecule has 0 spiro atoms. The van der Waals surface area contributed by atoms with Crippen LogP contribution in [0, 0.1) is 6.92 Å². The molecule has 0 heterocycles. The highest BCUT2D eigenvalue weighted by Gasteiger charge is 1.89. The largest absolute Gasteiger partial charge is 0.435 e. The molecule has 13 heavy (non-hydrogen) atoms. The van der Waals surface area contributed by atoms with E-state index in [-0.39, 0.29) is 0 Å². The molecule has 0 bridgehead atoms. The molecule has 0 fully saturated rings. The second kappa shape index (κ2) is 4.78. The summed E-state index contributed by atoms with van der Waals surface area (Å²) in [6.45, 7) is 2.04. The number of halogens is 1. The minimum Gasteiger partial charge on any atom is -0.399 e. The van der Waals surface area contributed by atoms with Crippen LogP contribution in [0.5, 0.6) is 0 Å². The van der Waals surface area contributed by atoms with Crippen molar-refractivity contribution in [3.05, 3.63) is 29.8 Å². The van der Waals surface area contributed by atoms with Crippen LogP contribution in [0.3, 0.4) is 0 Å². The number of nitrogens with two attached hydrogens (primary N) is 1. The van der Waals surface area contributed by atoms with Crippen LogP contribution in [-0.4, -0.2) is 13.0 Å². The van der Waals surface area contributed by atoms with E-state index in [2.05, 4.69) is 0 Å². The first-order valence-electron chi connectivity index (χ1n) is 3.28. The molecule has 0 aromatic heterocycles. The predicted octanol–water partition coefficient (Wildman–Crippen LogP) is 1.34. The predicted molar refractivity (Wildman–Crippen MR) is 48.2 cm³/mol. The number of aryl methyl sites for hydroxylation is 1. The summed E-state index contributed by atoms with van der Waals surface area (Å²) in [5, 5.41) is 0. The lowest BCUT2D eigenvalue weighted by atomic mass is 10.2. The molecule has 0 aliphatic carbocycles. The van der Waals surface area contributed by atoms with Crippen molar-refractivity contribution in [1.29, 1.82) is 0 Å². The summed E-state index contributed by atoms with van der Waals surface area (Å²) in [6.07, 6.45) is 0. The molecule has 3 N–H and O–H groups in total. The summed E-state index contributed by atoms with van der Waals surface area (Å²) in [5.74, 6) is 0. The molecule has 0 atom stereocenters. The number of hydrogen-bond donors (Lipinski definition) is 2. The van der Waals surface area contributed by atoms with Gasteiger partial charge in [-0.1, -0.05) is 21.6 Å². The quantitative estimate of drug-likeness (QED) is 0.382. The molecule has 1 aromatic carbocycles. The van der Waals surface area contributed by atoms with E-state index in [4.69, 9.17) is 18.7 Å². The Bertz CT molecular complexity index is 318. The van der Waals surface area contributed by atoms with Gasteiger partial charge in [0.1, 0.15) is 0 Å². The second-order valence-corrected chi connectivity index (χ2v) is 3.15. The maximum Gasteiger partial charge on any atom is 0.435 e. The Morgan fingerprint density at radius 2 is 1.62 bits per heavy atom. The highest BCUT2D eigenvalue weighted by molar-refractivity contribution is 7.80. The fourth-order valence-electron chi connectivity index (χ4n) is 0.566. The molecule has 0 amide bonds. The maximum absolute atomic E-state index is 10.2. The van der Waals surface area contributed by atoms with Crippen molar-refractivity contribution < 1.29 is 16.9 Å². The Morgan fingerprint density at radius 3 is 1.85 bits per heavy atom. The monoisotopic (exact) mass is 207 g/mol. The average Bonchev–Trinajstić information content (AvgIpc) is 1.92. The smallest absolute Gasteiger partial charge is 0.399 e. The van der Waals surface area contributed by atoms with Crippen LogP contribution in [0.15, 0.2) is 24.3 Å². The third-order valence-corrected chi connectivity index (χ3v) is 1.08. The molecule has 0 aliphatic heterocycles. The van der Waals surface area contributed by atoms with E-state index >= 15 is 0 Å². The molecule has 0 unspecified atom stereocenters. The number of benzene rings is 1. The molecule has 0 saturated heterocycles. The number of anilines is 1. The number of hydrogen-bond acceptors (Lipinski definition) is 3. The Morgan fingerprint density at radius 1 is 1.31 bits per heavy atom. The lowest BCUT2D eigenvalue weighted by Gasteiger charge is -1.90. The molecule has 0 radical (unpaired) electrons. The lowest BCUT2D eigenvalue weighted by Crippen LogP contribution is -1.81. The number of rotatable bonds is 0. The summed E-state index contributed by atoms with van der Waals surface area (Å²) < 4.78 is 34.1. The van der Waals surface area contributed by atoms with Gasteiger partial charge in [-0.25, -0.2) is 0 Å². The standard InChI is InChI=1S/C7H9N.FHO3S/c1-6-2-4-7(8)5-3-6;1-5(2,3)4/h2-5H,8H2,1H3;(H,2,3,4). The first kappa shape index (κ1) is 11.9. The normalized spacial score (nSPS) is 10.1. The highest BCUT2D eigenvalue weighted by atomic mass is 32.3. The molecule has 6 heteroatoms. The minimum atomic E-state index is -5.17. The summed E-state index contributed by atoms with van der Waals surface area (Å²) in [4.78, 5) is 0. The summed E-state index contributed by atoms with van der Waals surface area (Å²) in [5.41, 5.74) is 7.51. The third kappa shape index (κ3) is 10.9. The van der Waals surface area contributed by atoms with E-state index in [9.17, 15) is 3.89 Å². The van der Waals surface area contributed by atoms with Crippen molar-refractivity contribution in [1.82, 2.24) is 0 Å². The van der Waals surface area contributed by atoms with Gasteiger partial charge in [-0.3, -0.25) is 4.55 Å². The van der Waals surface area contributed by atoms with E-state index in [0.717, 1.165) is 5.69 Å². The maximum atomic E-state index is 10.2. The van der Waals surface area contributed by atoms with Gasteiger partial charge in [0, 0.05) is 5.69 Å². The van der Waals surface area contributed by atoms with Gasteiger partial charge in [0.15, 0.2) is 0 Å². The van der Waals surface area contributed by atoms with Gasteiger partial charge in [0.25, 0.3) is 0 Å². The fraction of sp³-hybridized carbons (Fsp3) is 0.143. The van der Waals surface area contributed by atoms with Gasteiger partial charge in [-0.05, 0) is 19.1 Å². The molecule has 0 aliphatic rings. The molecule has 0 saturated carbocycles. The van der Waals surface area contributed by atoms with Crippen molar-refractivity contribution >= 4 is 16.2 Å². The Hall–Kier alpha value is -1.14. The van der Waals surface area contributed by atoms with E-state index in [1.54, 1.807) is 0 Å². The molecule has 1 aromatic rings. The van der Waals surface area contributed by atoms with E-state index in [0.29, 0.717) is 0 Å². The van der Waals surface area contributed by atoms with E-state index in [1.807, 2.05) is 31.2 Å². The van der Waals surface area contributed by atoms with Crippen LogP contribution < -0.4 is 5.73 Å². The van der Waals surface area contributed by atoms with E-state index in [1.165, 1.54) is 5.56 Å². The van der Waals surface area contributed by atoms with Gasteiger partial charge in [0.05, 0.1) is 0 Å². The highest BCUT2D eigenvalue weighted by Crippen LogP contribution is 2.02. The zero-order chi connectivity index (χ0) is 10.5. The van der Waals surface area contributed by atoms with Crippen molar-refractivity contribution in [3.63, 3.8) is 0 Å². The van der Waals surface area contributed by atoms with Gasteiger partial charge >= 0.3 is 10.5 Å². The van der Waals surface area contributed by atoms with Gasteiger partial charge < -0.3 is 5.73 Å². The Labute approximate surface area is 76.2 Å². The zero-order valence-electron chi connectivity index (χ0n) is 6.94. The van der Waals surface area contributed by atoms with Crippen LogP contribution in [0.25, 0.3) is 0 Å². The second-order valence-electron chi connectivity index (χ2n) is 2.32.